The van der Waals surface area contributed by atoms with Gasteiger partial charge in [-0.1, -0.05) is 142 Å². The molecule has 0 aromatic heterocycles. The number of hydrogen-bond donors (Lipinski definition) is 11. The molecule has 0 unspecified atom stereocenters. The predicted molar refractivity (Wildman–Crippen MR) is 304 cm³/mol. The van der Waals surface area contributed by atoms with Crippen LogP contribution in [0.25, 0.3) is 0 Å². The van der Waals surface area contributed by atoms with Crippen molar-refractivity contribution in [3.05, 3.63) is 0 Å². The van der Waals surface area contributed by atoms with Crippen LogP contribution in [0.3, 0.4) is 0 Å². The Morgan fingerprint density at radius 2 is 0.675 bits per heavy atom. The zero-order valence-corrected chi connectivity index (χ0v) is 51.4. The number of aliphatic hydroxyl groups is 6. The third-order valence-corrected chi connectivity index (χ3v) is 20.0. The molecule has 0 radical (unpaired) electrons. The first kappa shape index (κ1) is 76.4. The quantitative estimate of drug-likeness (QED) is 0.0135. The van der Waals surface area contributed by atoms with Crippen LogP contribution in [0.1, 0.15) is 174 Å². The number of aliphatic hydroxyl groups excluding tert-OH is 6. The van der Waals surface area contributed by atoms with Crippen LogP contribution in [0.2, 0.25) is 6.04 Å². The van der Waals surface area contributed by atoms with Gasteiger partial charge in [0.2, 0.25) is 0 Å². The monoisotopic (exact) mass is 1190 g/mol. The summed E-state index contributed by atoms with van der Waals surface area (Å²) in [6.45, 7) is -1.09. The van der Waals surface area contributed by atoms with Crippen molar-refractivity contribution < 1.29 is 86.9 Å². The Morgan fingerprint density at radius 1 is 0.416 bits per heavy atom. The molecule has 0 aliphatic heterocycles. The number of hydrogen-bond acceptors (Lipinski definition) is 19. The van der Waals surface area contributed by atoms with Crippen molar-refractivity contribution in [3.63, 3.8) is 0 Å². The molecule has 0 saturated heterocycles. The maximum Gasteiger partial charge on any atom is 0.501 e. The number of nitrogens with one attached hydrogen (secondary N) is 3. The first-order chi connectivity index (χ1) is 36.5. The molecule has 0 atom stereocenters. The van der Waals surface area contributed by atoms with Gasteiger partial charge < -0.3 is 64.4 Å². The topological polar surface area (TPSA) is 337 Å². The van der Waals surface area contributed by atoms with Crippen LogP contribution < -0.4 is 16.0 Å². The summed E-state index contributed by atoms with van der Waals surface area (Å²) in [7, 11) is -14.2. The first-order valence-corrected chi connectivity index (χ1v) is 35.6. The van der Waals surface area contributed by atoms with E-state index in [0.29, 0.717) is 17.4 Å². The Bertz CT molecular complexity index is 1680. The summed E-state index contributed by atoms with van der Waals surface area (Å²) in [4.78, 5) is 0. The summed E-state index contributed by atoms with van der Waals surface area (Å²) in [6, 6.07) is -0.0152. The molecule has 0 bridgehead atoms. The largest absolute Gasteiger partial charge is 0.501 e. The summed E-state index contributed by atoms with van der Waals surface area (Å²) >= 11 is 0. The summed E-state index contributed by atoms with van der Waals surface area (Å²) in [5.41, 5.74) is -5.29. The third kappa shape index (κ3) is 38.0. The van der Waals surface area contributed by atoms with Gasteiger partial charge in [0.15, 0.2) is 0 Å². The second kappa shape index (κ2) is 43.1. The molecule has 0 saturated carbocycles. The van der Waals surface area contributed by atoms with Gasteiger partial charge in [0.25, 0.3) is 30.4 Å². The molecule has 0 rings (SSSR count). The fraction of sp³-hybridized carbons (Fsp3) is 1.00. The van der Waals surface area contributed by atoms with Crippen molar-refractivity contribution in [2.75, 3.05) is 130 Å². The summed E-state index contributed by atoms with van der Waals surface area (Å²) in [5.74, 6) is -2.13. The van der Waals surface area contributed by atoms with E-state index in [1.54, 1.807) is 0 Å². The Labute approximate surface area is 467 Å². The number of rotatable bonds is 58. The number of quaternary nitrogens is 1. The van der Waals surface area contributed by atoms with Crippen LogP contribution in [0, 0.1) is 0 Å². The Morgan fingerprint density at radius 3 is 0.935 bits per heavy atom. The normalized spacial score (nSPS) is 13.6. The van der Waals surface area contributed by atoms with E-state index in [1.807, 2.05) is 0 Å². The molecule has 0 aromatic rings. The lowest BCUT2D eigenvalue weighted by Crippen LogP contribution is -2.64. The highest BCUT2D eigenvalue weighted by Gasteiger charge is 2.49. The van der Waals surface area contributed by atoms with Crippen molar-refractivity contribution in [1.29, 1.82) is 0 Å². The molecule has 0 fully saturated rings. The van der Waals surface area contributed by atoms with Crippen LogP contribution in [0.15, 0.2) is 0 Å². The van der Waals surface area contributed by atoms with Crippen LogP contribution in [0.5, 0.6) is 0 Å². The van der Waals surface area contributed by atoms with Gasteiger partial charge >= 0.3 is 8.80 Å². The highest BCUT2D eigenvalue weighted by molar-refractivity contribution is 7.86. The summed E-state index contributed by atoms with van der Waals surface area (Å²) < 4.78 is 115. The lowest BCUT2D eigenvalue weighted by atomic mass is 10.0. The average Bonchev–Trinajstić information content (AvgIpc) is 3.39. The minimum Gasteiger partial charge on any atom is -0.394 e. The zero-order valence-electron chi connectivity index (χ0n) is 47.9. The van der Waals surface area contributed by atoms with E-state index in [9.17, 15) is 65.0 Å². The van der Waals surface area contributed by atoms with Crippen molar-refractivity contribution in [2.24, 2.45) is 0 Å². The molecule has 0 aliphatic rings. The highest BCUT2D eigenvalue weighted by atomic mass is 32.2. The standard InChI is InChI=1S/C51H110N4O18S3Si/c1-5-7-9-11-13-15-17-19-21-23-25-27-33-55(3,34-28-26-24-22-20-18-16-14-12-10-8-6-2)35-29-39-77(71-46-49(40-56,41-57)52-30-36-74(62,63)64,72-47-50(42-58,43-59)53-31-37-75(65,66)67)73-48-51(44-60,45-61)54-32-38-76(68,69)70-4/h52-54,56-61H,5-48H2,1-4H3,(H-,62,63,64,65,66,67)/p+1. The van der Waals surface area contributed by atoms with E-state index in [0.717, 1.165) is 58.7 Å². The fourth-order valence-corrected chi connectivity index (χ4v) is 13.1. The van der Waals surface area contributed by atoms with Crippen molar-refractivity contribution in [2.45, 2.75) is 197 Å². The molecule has 464 valence electrons. The van der Waals surface area contributed by atoms with Gasteiger partial charge in [-0.25, -0.2) is 0 Å². The molecule has 0 heterocycles. The minimum absolute atomic E-state index is 0.0152. The lowest BCUT2D eigenvalue weighted by Gasteiger charge is -2.41. The van der Waals surface area contributed by atoms with Gasteiger partial charge in [0.05, 0.1) is 127 Å². The van der Waals surface area contributed by atoms with Crippen LogP contribution in [-0.4, -0.2) is 225 Å². The van der Waals surface area contributed by atoms with Gasteiger partial charge in [-0.3, -0.25) is 13.3 Å². The van der Waals surface area contributed by atoms with Gasteiger partial charge in [-0.15, -0.1) is 0 Å². The Balaban J connectivity index is 7.03. The molecule has 0 aliphatic carbocycles. The number of nitrogens with zero attached hydrogens (tertiary/aromatic N) is 1. The molecule has 0 spiro atoms. The van der Waals surface area contributed by atoms with E-state index < -0.39 is 146 Å². The summed E-state index contributed by atoms with van der Waals surface area (Å²) in [6.07, 6.45) is 29.5. The second-order valence-electron chi connectivity index (χ2n) is 21.8. The van der Waals surface area contributed by atoms with Crippen LogP contribution >= 0.6 is 0 Å². The van der Waals surface area contributed by atoms with E-state index >= 15 is 0 Å². The van der Waals surface area contributed by atoms with E-state index in [4.69, 9.17) is 13.3 Å². The van der Waals surface area contributed by atoms with Gasteiger partial charge in [0.1, 0.15) is 0 Å². The molecular formula is C51H111N4O18S3Si+. The molecular weight excluding hydrogens is 1080 g/mol. The Hall–Kier alpha value is -0.573. The fourth-order valence-electron chi connectivity index (χ4n) is 9.09. The molecule has 0 amide bonds. The molecule has 26 heteroatoms. The number of unbranched alkanes of at least 4 members (excludes halogenated alkanes) is 22. The third-order valence-electron chi connectivity index (χ3n) is 14.6. The Kier molecular flexibility index (Phi) is 42.8. The highest BCUT2D eigenvalue weighted by Crippen LogP contribution is 2.27. The average molecular weight is 1190 g/mol. The zero-order chi connectivity index (χ0) is 58.1. The van der Waals surface area contributed by atoms with Gasteiger partial charge in [-0.05, 0) is 25.7 Å². The van der Waals surface area contributed by atoms with Gasteiger partial charge in [0, 0.05) is 32.1 Å². The SMILES string of the molecule is CCCCCCCCCCCCCC[N+](C)(CCCCCCCCCCCCCC)CCC[Si](OCC(CO)(CO)NCCS(=O)(=O)O)(OCC(CO)(CO)NCCS(=O)(=O)O)OCC(CO)(CO)NCCS(=O)(=O)OC. The smallest absolute Gasteiger partial charge is 0.394 e. The molecule has 0 aromatic carbocycles. The molecule has 77 heavy (non-hydrogen) atoms. The minimum atomic E-state index is -4.48. The van der Waals surface area contributed by atoms with E-state index in [-0.39, 0.29) is 12.6 Å². The van der Waals surface area contributed by atoms with Gasteiger partial charge in [-0.2, -0.15) is 25.3 Å². The van der Waals surface area contributed by atoms with Crippen LogP contribution in [-0.2, 0) is 47.8 Å². The second-order valence-corrected chi connectivity index (χ2v) is 29.5. The molecule has 11 N–H and O–H groups in total. The molecule has 22 nitrogen and oxygen atoms in total. The van der Waals surface area contributed by atoms with E-state index in [2.05, 4.69) is 41.0 Å². The first-order valence-electron chi connectivity index (χ1n) is 28.8. The maximum atomic E-state index is 12.2. The lowest BCUT2D eigenvalue weighted by molar-refractivity contribution is -0.910. The predicted octanol–water partition coefficient (Wildman–Crippen LogP) is 3.90. The maximum absolute atomic E-state index is 12.2. The van der Waals surface area contributed by atoms with Crippen molar-refractivity contribution in [1.82, 2.24) is 16.0 Å². The van der Waals surface area contributed by atoms with Crippen molar-refractivity contribution >= 4 is 39.2 Å². The summed E-state index contributed by atoms with van der Waals surface area (Å²) in [5, 5.41) is 72.4. The van der Waals surface area contributed by atoms with Crippen molar-refractivity contribution in [3.8, 4) is 0 Å². The van der Waals surface area contributed by atoms with Crippen LogP contribution in [0.4, 0.5) is 0 Å². The van der Waals surface area contributed by atoms with E-state index in [1.165, 1.54) is 116 Å².